The fraction of sp³-hybridized carbons (Fsp3) is 0.346. The molecule has 0 N–H and O–H groups in total. The van der Waals surface area contributed by atoms with E-state index in [0.29, 0.717) is 0 Å². The first-order valence-electron chi connectivity index (χ1n) is 12.0. The SMILES string of the molecule is [2H]C([2H])([2H])c1c[n+](C)c(-c2ccc3c(c2C)Cc2ccccc2-3)cc1C([2H])([2H])C(C)(C)C. The van der Waals surface area contributed by atoms with Gasteiger partial charge in [0.25, 0.3) is 0 Å². The maximum atomic E-state index is 8.84. The lowest BCUT2D eigenvalue weighted by atomic mass is 9.86. The lowest BCUT2D eigenvalue weighted by molar-refractivity contribution is -0.660. The number of rotatable bonds is 2. The summed E-state index contributed by atoms with van der Waals surface area (Å²) in [6.07, 6.45) is 0.640. The van der Waals surface area contributed by atoms with Crippen LogP contribution in [0.1, 0.15) is 55.4 Å². The molecule has 0 fully saturated rings. The van der Waals surface area contributed by atoms with Crippen LogP contribution in [-0.4, -0.2) is 0 Å². The molecule has 0 saturated heterocycles. The summed E-state index contributed by atoms with van der Waals surface area (Å²) in [7, 11) is 1.84. The minimum Gasteiger partial charge on any atom is -0.201 e. The number of hydrogen-bond donors (Lipinski definition) is 0. The highest BCUT2D eigenvalue weighted by Gasteiger charge is 2.25. The van der Waals surface area contributed by atoms with Crippen molar-refractivity contribution >= 4 is 0 Å². The van der Waals surface area contributed by atoms with E-state index in [4.69, 9.17) is 6.85 Å². The molecule has 1 heterocycles. The van der Waals surface area contributed by atoms with Gasteiger partial charge in [0, 0.05) is 24.0 Å². The van der Waals surface area contributed by atoms with Crippen LogP contribution < -0.4 is 4.57 Å². The van der Waals surface area contributed by atoms with Crippen LogP contribution >= 0.6 is 0 Å². The molecule has 138 valence electrons. The maximum Gasteiger partial charge on any atom is 0.212 e. The second kappa shape index (κ2) is 6.34. The highest BCUT2D eigenvalue weighted by atomic mass is 14.9. The molecule has 0 atom stereocenters. The van der Waals surface area contributed by atoms with E-state index >= 15 is 0 Å². The van der Waals surface area contributed by atoms with Crippen molar-refractivity contribution in [2.45, 2.75) is 47.3 Å². The molecular weight excluding hydrogens is 326 g/mol. The fourth-order valence-electron chi connectivity index (χ4n) is 4.07. The van der Waals surface area contributed by atoms with Gasteiger partial charge in [-0.1, -0.05) is 51.1 Å². The lowest BCUT2D eigenvalue weighted by Crippen LogP contribution is -2.32. The van der Waals surface area contributed by atoms with Crippen LogP contribution in [0.2, 0.25) is 0 Å². The van der Waals surface area contributed by atoms with Gasteiger partial charge in [-0.05, 0) is 71.4 Å². The summed E-state index contributed by atoms with van der Waals surface area (Å²) in [5, 5.41) is 0. The van der Waals surface area contributed by atoms with Crippen LogP contribution in [0.15, 0.2) is 48.7 Å². The Morgan fingerprint density at radius 1 is 1.07 bits per heavy atom. The zero-order valence-corrected chi connectivity index (χ0v) is 16.8. The number of benzene rings is 2. The molecular formula is C26H30N+. The first kappa shape index (κ1) is 12.9. The topological polar surface area (TPSA) is 3.88 Å². The number of pyridine rings is 1. The first-order valence-corrected chi connectivity index (χ1v) is 9.49. The molecule has 0 aliphatic heterocycles. The van der Waals surface area contributed by atoms with Gasteiger partial charge in [0.1, 0.15) is 7.05 Å². The molecule has 0 saturated carbocycles. The van der Waals surface area contributed by atoms with E-state index in [-0.39, 0.29) is 11.1 Å². The quantitative estimate of drug-likeness (QED) is 0.388. The average Bonchev–Trinajstić information content (AvgIpc) is 3.06. The monoisotopic (exact) mass is 361 g/mol. The van der Waals surface area contributed by atoms with Crippen molar-refractivity contribution in [3.8, 4) is 22.4 Å². The van der Waals surface area contributed by atoms with E-state index in [9.17, 15) is 0 Å². The Bertz CT molecular complexity index is 1220. The van der Waals surface area contributed by atoms with Gasteiger partial charge in [-0.15, -0.1) is 0 Å². The molecule has 1 aliphatic carbocycles. The molecule has 2 aromatic carbocycles. The minimum atomic E-state index is -2.40. The van der Waals surface area contributed by atoms with Crippen LogP contribution in [0.4, 0.5) is 0 Å². The molecule has 0 bridgehead atoms. The number of hydrogen-bond acceptors (Lipinski definition) is 0. The van der Waals surface area contributed by atoms with Crippen molar-refractivity contribution in [1.82, 2.24) is 0 Å². The lowest BCUT2D eigenvalue weighted by Gasteiger charge is -2.20. The second-order valence-corrected chi connectivity index (χ2v) is 8.57. The predicted molar refractivity (Wildman–Crippen MR) is 114 cm³/mol. The Morgan fingerprint density at radius 2 is 1.81 bits per heavy atom. The number of aryl methyl sites for hydroxylation is 2. The molecule has 0 unspecified atom stereocenters. The van der Waals surface area contributed by atoms with E-state index in [0.717, 1.165) is 23.2 Å². The first-order chi connectivity index (χ1) is 14.7. The van der Waals surface area contributed by atoms with E-state index in [1.807, 2.05) is 11.6 Å². The van der Waals surface area contributed by atoms with Gasteiger partial charge in [-0.3, -0.25) is 0 Å². The van der Waals surface area contributed by atoms with Crippen molar-refractivity contribution in [2.24, 2.45) is 12.5 Å². The van der Waals surface area contributed by atoms with Crippen LogP contribution in [0.5, 0.6) is 0 Å². The standard InChI is InChI=1S/C26H30N/c1-17-16-27(6)25(14-20(17)15-26(3,4)5)21-11-12-23-22-10-8-7-9-19(22)13-24(23)18(21)2/h7-12,14,16H,13,15H2,1-6H3/q+1/i1D3,15D2. The van der Waals surface area contributed by atoms with Gasteiger partial charge in [0.05, 0.1) is 0 Å². The van der Waals surface area contributed by atoms with Crippen molar-refractivity contribution in [2.75, 3.05) is 0 Å². The molecule has 3 aromatic rings. The number of fused-ring (bicyclic) bond motifs is 3. The van der Waals surface area contributed by atoms with Gasteiger partial charge in [0.15, 0.2) is 6.20 Å². The molecule has 4 rings (SSSR count). The normalized spacial score (nSPS) is 16.6. The third-order valence-corrected chi connectivity index (χ3v) is 5.33. The summed E-state index contributed by atoms with van der Waals surface area (Å²) in [5.74, 6) is 0. The van der Waals surface area contributed by atoms with Gasteiger partial charge in [0.2, 0.25) is 5.69 Å². The number of aromatic nitrogens is 1. The van der Waals surface area contributed by atoms with Crippen LogP contribution in [0.3, 0.4) is 0 Å². The Hall–Kier alpha value is -2.41. The van der Waals surface area contributed by atoms with Crippen molar-refractivity contribution in [3.63, 3.8) is 0 Å². The Morgan fingerprint density at radius 3 is 2.56 bits per heavy atom. The molecule has 0 radical (unpaired) electrons. The second-order valence-electron chi connectivity index (χ2n) is 8.57. The van der Waals surface area contributed by atoms with E-state index in [1.165, 1.54) is 22.3 Å². The molecule has 0 spiro atoms. The Labute approximate surface area is 170 Å². The van der Waals surface area contributed by atoms with Gasteiger partial charge >= 0.3 is 0 Å². The molecule has 0 amide bonds. The van der Waals surface area contributed by atoms with Gasteiger partial charge in [-0.25, -0.2) is 4.57 Å². The zero-order valence-electron chi connectivity index (χ0n) is 21.8. The average molecular weight is 362 g/mol. The van der Waals surface area contributed by atoms with Crippen molar-refractivity contribution in [3.05, 3.63) is 76.5 Å². The molecule has 27 heavy (non-hydrogen) atoms. The molecule has 1 nitrogen and oxygen atoms in total. The summed E-state index contributed by atoms with van der Waals surface area (Å²) >= 11 is 0. The zero-order chi connectivity index (χ0) is 23.6. The summed E-state index contributed by atoms with van der Waals surface area (Å²) < 4.78 is 43.6. The molecule has 1 heteroatoms. The summed E-state index contributed by atoms with van der Waals surface area (Å²) in [6.45, 7) is 5.12. The number of nitrogens with zero attached hydrogens (tertiary/aromatic N) is 1. The van der Waals surface area contributed by atoms with E-state index in [2.05, 4.69) is 43.3 Å². The maximum absolute atomic E-state index is 8.84. The summed E-state index contributed by atoms with van der Waals surface area (Å²) in [6, 6.07) is 14.4. The highest BCUT2D eigenvalue weighted by molar-refractivity contribution is 5.81. The van der Waals surface area contributed by atoms with Crippen molar-refractivity contribution in [1.29, 1.82) is 0 Å². The Balaban J connectivity index is 1.95. The highest BCUT2D eigenvalue weighted by Crippen LogP contribution is 2.41. The third-order valence-electron chi connectivity index (χ3n) is 5.33. The van der Waals surface area contributed by atoms with Crippen LogP contribution in [-0.2, 0) is 19.8 Å². The summed E-state index contributed by atoms with van der Waals surface area (Å²) in [4.78, 5) is 0. The van der Waals surface area contributed by atoms with Crippen LogP contribution in [0, 0.1) is 19.2 Å². The minimum absolute atomic E-state index is 0.0647. The van der Waals surface area contributed by atoms with E-state index < -0.39 is 18.6 Å². The smallest absolute Gasteiger partial charge is 0.201 e. The van der Waals surface area contributed by atoms with E-state index in [1.54, 1.807) is 33.0 Å². The predicted octanol–water partition coefficient (Wildman–Crippen LogP) is 5.95. The molecule has 1 aromatic heterocycles. The molecule has 1 aliphatic rings. The largest absolute Gasteiger partial charge is 0.212 e. The summed E-state index contributed by atoms with van der Waals surface area (Å²) in [5.41, 5.74) is 7.61. The Kier molecular flexibility index (Phi) is 3.02. The fourth-order valence-corrected chi connectivity index (χ4v) is 4.07. The van der Waals surface area contributed by atoms with Gasteiger partial charge in [-0.2, -0.15) is 0 Å². The van der Waals surface area contributed by atoms with Gasteiger partial charge < -0.3 is 0 Å². The van der Waals surface area contributed by atoms with Crippen molar-refractivity contribution < 1.29 is 11.4 Å². The third kappa shape index (κ3) is 3.20. The van der Waals surface area contributed by atoms with Crippen LogP contribution in [0.25, 0.3) is 22.4 Å².